The summed E-state index contributed by atoms with van der Waals surface area (Å²) >= 11 is 5.49. The highest BCUT2D eigenvalue weighted by atomic mass is 35.5. The van der Waals surface area contributed by atoms with Crippen LogP contribution in [0.5, 0.6) is 5.75 Å². The summed E-state index contributed by atoms with van der Waals surface area (Å²) in [4.78, 5) is 0. The van der Waals surface area contributed by atoms with Crippen LogP contribution in [0.2, 0.25) is 0 Å². The fourth-order valence-corrected chi connectivity index (χ4v) is 1.71. The molecule has 1 aromatic carbocycles. The van der Waals surface area contributed by atoms with E-state index < -0.39 is 6.10 Å². The van der Waals surface area contributed by atoms with Crippen molar-refractivity contribution in [3.63, 3.8) is 0 Å². The van der Waals surface area contributed by atoms with Crippen molar-refractivity contribution in [3.8, 4) is 5.75 Å². The van der Waals surface area contributed by atoms with E-state index in [2.05, 4.69) is 19.1 Å². The van der Waals surface area contributed by atoms with Gasteiger partial charge in [-0.15, -0.1) is 11.6 Å². The first kappa shape index (κ1) is 12.3. The maximum Gasteiger partial charge on any atom is 0.125 e. The Labute approximate surface area is 95.8 Å². The van der Waals surface area contributed by atoms with Gasteiger partial charge in [0.2, 0.25) is 0 Å². The Morgan fingerprint density at radius 1 is 1.27 bits per heavy atom. The largest absolute Gasteiger partial charge is 0.490 e. The van der Waals surface area contributed by atoms with Gasteiger partial charge in [0.25, 0.3) is 0 Å². The van der Waals surface area contributed by atoms with Crippen LogP contribution in [0.15, 0.2) is 12.1 Å². The van der Waals surface area contributed by atoms with Crippen molar-refractivity contribution in [1.29, 1.82) is 0 Å². The first-order valence-corrected chi connectivity index (χ1v) is 5.52. The summed E-state index contributed by atoms with van der Waals surface area (Å²) in [6.07, 6.45) is -0.605. The zero-order valence-corrected chi connectivity index (χ0v) is 10.1. The van der Waals surface area contributed by atoms with Gasteiger partial charge in [0.1, 0.15) is 18.5 Å². The topological polar surface area (TPSA) is 29.5 Å². The van der Waals surface area contributed by atoms with Crippen molar-refractivity contribution in [3.05, 3.63) is 28.8 Å². The van der Waals surface area contributed by atoms with Crippen LogP contribution in [0.25, 0.3) is 0 Å². The van der Waals surface area contributed by atoms with E-state index in [1.54, 1.807) is 0 Å². The Balaban J connectivity index is 2.77. The lowest BCUT2D eigenvalue weighted by atomic mass is 10.1. The van der Waals surface area contributed by atoms with Crippen LogP contribution in [0.3, 0.4) is 0 Å². The molecule has 0 heterocycles. The molecule has 0 saturated heterocycles. The lowest BCUT2D eigenvalue weighted by molar-refractivity contribution is 0.124. The molecular formula is C12H17ClO2. The van der Waals surface area contributed by atoms with Crippen LogP contribution in [-0.2, 0) is 0 Å². The molecule has 0 aliphatic rings. The molecule has 0 fully saturated rings. The van der Waals surface area contributed by atoms with Gasteiger partial charge in [-0.1, -0.05) is 17.7 Å². The number of benzene rings is 1. The molecule has 1 atom stereocenters. The van der Waals surface area contributed by atoms with Crippen LogP contribution >= 0.6 is 11.6 Å². The summed E-state index contributed by atoms with van der Waals surface area (Å²) in [6, 6.07) is 4.13. The Morgan fingerprint density at radius 2 is 1.80 bits per heavy atom. The first-order valence-electron chi connectivity index (χ1n) is 4.99. The van der Waals surface area contributed by atoms with Crippen molar-refractivity contribution >= 4 is 11.6 Å². The Bertz CT molecular complexity index is 313. The smallest absolute Gasteiger partial charge is 0.125 e. The number of aliphatic hydroxyl groups excluding tert-OH is 1. The minimum absolute atomic E-state index is 0.198. The second-order valence-corrected chi connectivity index (χ2v) is 4.16. The molecule has 0 amide bonds. The van der Waals surface area contributed by atoms with Crippen LogP contribution in [0.4, 0.5) is 0 Å². The number of alkyl halides is 1. The molecule has 1 rings (SSSR count). The molecule has 2 nitrogen and oxygen atoms in total. The molecule has 0 bridgehead atoms. The van der Waals surface area contributed by atoms with Crippen molar-refractivity contribution in [2.75, 3.05) is 12.5 Å². The number of rotatable bonds is 4. The van der Waals surface area contributed by atoms with Crippen LogP contribution in [0.1, 0.15) is 16.7 Å². The van der Waals surface area contributed by atoms with E-state index in [1.807, 2.05) is 13.8 Å². The Morgan fingerprint density at radius 3 is 2.27 bits per heavy atom. The number of halogens is 1. The predicted octanol–water partition coefficient (Wildman–Crippen LogP) is 2.59. The normalized spacial score (nSPS) is 12.6. The summed E-state index contributed by atoms with van der Waals surface area (Å²) in [7, 11) is 0. The summed E-state index contributed by atoms with van der Waals surface area (Å²) < 4.78 is 5.54. The molecule has 15 heavy (non-hydrogen) atoms. The molecule has 0 unspecified atom stereocenters. The van der Waals surface area contributed by atoms with Crippen molar-refractivity contribution in [1.82, 2.24) is 0 Å². The summed E-state index contributed by atoms with van der Waals surface area (Å²) in [5.41, 5.74) is 3.40. The minimum atomic E-state index is -0.605. The van der Waals surface area contributed by atoms with Gasteiger partial charge in [0.05, 0.1) is 5.88 Å². The number of aryl methyl sites for hydroxylation is 3. The van der Waals surface area contributed by atoms with E-state index >= 15 is 0 Å². The Hall–Kier alpha value is -0.730. The second-order valence-electron chi connectivity index (χ2n) is 3.85. The van der Waals surface area contributed by atoms with E-state index in [-0.39, 0.29) is 12.5 Å². The molecule has 3 heteroatoms. The first-order chi connectivity index (χ1) is 7.04. The van der Waals surface area contributed by atoms with Crippen molar-refractivity contribution in [2.45, 2.75) is 26.9 Å². The summed E-state index contributed by atoms with van der Waals surface area (Å²) in [5.74, 6) is 1.05. The van der Waals surface area contributed by atoms with Gasteiger partial charge in [-0.3, -0.25) is 0 Å². The van der Waals surface area contributed by atoms with E-state index in [0.717, 1.165) is 16.9 Å². The van der Waals surface area contributed by atoms with Gasteiger partial charge in [-0.05, 0) is 31.9 Å². The zero-order valence-electron chi connectivity index (χ0n) is 9.38. The van der Waals surface area contributed by atoms with Gasteiger partial charge >= 0.3 is 0 Å². The van der Waals surface area contributed by atoms with Crippen LogP contribution in [0, 0.1) is 20.8 Å². The van der Waals surface area contributed by atoms with Crippen LogP contribution < -0.4 is 4.74 Å². The van der Waals surface area contributed by atoms with Gasteiger partial charge in [0.15, 0.2) is 0 Å². The highest BCUT2D eigenvalue weighted by Gasteiger charge is 2.08. The zero-order chi connectivity index (χ0) is 11.4. The lowest BCUT2D eigenvalue weighted by Gasteiger charge is -2.14. The van der Waals surface area contributed by atoms with E-state index in [4.69, 9.17) is 16.3 Å². The predicted molar refractivity (Wildman–Crippen MR) is 62.9 cm³/mol. The molecule has 84 valence electrons. The van der Waals surface area contributed by atoms with Gasteiger partial charge in [-0.2, -0.15) is 0 Å². The molecule has 1 aromatic rings. The average molecular weight is 229 g/mol. The monoisotopic (exact) mass is 228 g/mol. The van der Waals surface area contributed by atoms with Gasteiger partial charge in [-0.25, -0.2) is 0 Å². The Kier molecular flexibility index (Phi) is 4.43. The molecule has 0 aliphatic heterocycles. The molecule has 0 saturated carbocycles. The molecule has 0 radical (unpaired) electrons. The van der Waals surface area contributed by atoms with E-state index in [1.165, 1.54) is 5.56 Å². The molecular weight excluding hydrogens is 212 g/mol. The minimum Gasteiger partial charge on any atom is -0.490 e. The molecule has 1 N–H and O–H groups in total. The number of aliphatic hydroxyl groups is 1. The fraction of sp³-hybridized carbons (Fsp3) is 0.500. The fourth-order valence-electron chi connectivity index (χ4n) is 1.62. The van der Waals surface area contributed by atoms with Gasteiger partial charge in [0, 0.05) is 0 Å². The van der Waals surface area contributed by atoms with Crippen molar-refractivity contribution < 1.29 is 9.84 Å². The number of ether oxygens (including phenoxy) is 1. The third kappa shape index (κ3) is 3.40. The maximum absolute atomic E-state index is 9.30. The average Bonchev–Trinajstić information content (AvgIpc) is 2.15. The summed E-state index contributed by atoms with van der Waals surface area (Å²) in [5, 5.41) is 9.30. The molecule has 0 aromatic heterocycles. The van der Waals surface area contributed by atoms with Gasteiger partial charge < -0.3 is 9.84 Å². The maximum atomic E-state index is 9.30. The highest BCUT2D eigenvalue weighted by molar-refractivity contribution is 6.18. The third-order valence-corrected chi connectivity index (χ3v) is 2.56. The van der Waals surface area contributed by atoms with E-state index in [0.29, 0.717) is 0 Å². The quantitative estimate of drug-likeness (QED) is 0.803. The lowest BCUT2D eigenvalue weighted by Crippen LogP contribution is -2.19. The summed E-state index contributed by atoms with van der Waals surface area (Å²) in [6.45, 7) is 6.30. The van der Waals surface area contributed by atoms with E-state index in [9.17, 15) is 5.11 Å². The third-order valence-electron chi connectivity index (χ3n) is 2.20. The van der Waals surface area contributed by atoms with Crippen molar-refractivity contribution in [2.24, 2.45) is 0 Å². The molecule has 0 aliphatic carbocycles. The number of hydrogen-bond acceptors (Lipinski definition) is 2. The molecule has 0 spiro atoms. The standard InChI is InChI=1S/C12H17ClO2/c1-8-4-9(2)12(10(3)5-8)15-7-11(14)6-13/h4-5,11,14H,6-7H2,1-3H3/t11-/m1/s1. The SMILES string of the molecule is Cc1cc(C)c(OC[C@H](O)CCl)c(C)c1. The van der Waals surface area contributed by atoms with Crippen LogP contribution in [-0.4, -0.2) is 23.7 Å². The highest BCUT2D eigenvalue weighted by Crippen LogP contribution is 2.24. The number of hydrogen-bond donors (Lipinski definition) is 1. The second kappa shape index (κ2) is 5.38.